The Morgan fingerprint density at radius 3 is 2.48 bits per heavy atom. The van der Waals surface area contributed by atoms with Gasteiger partial charge in [0.05, 0.1) is 0 Å². The fourth-order valence-corrected chi connectivity index (χ4v) is 5.84. The zero-order valence-corrected chi connectivity index (χ0v) is 22.9. The van der Waals surface area contributed by atoms with Gasteiger partial charge in [-0.3, -0.25) is 9.36 Å². The molecule has 2 aromatic heterocycles. The molecule has 0 amide bonds. The highest BCUT2D eigenvalue weighted by atomic mass is 32.2. The van der Waals surface area contributed by atoms with Crippen LogP contribution in [0.5, 0.6) is 0 Å². The maximum atomic E-state index is 13.9. The molecule has 0 fully saturated rings. The number of nitrogens with zero attached hydrogens (tertiary/aromatic N) is 2. The molecule has 3 rings (SSSR count). The molecule has 1 aromatic carbocycles. The molecule has 1 atom stereocenters. The number of rotatable bonds is 4. The fraction of sp³-hybridized carbons (Fsp3) is 0.391. The van der Waals surface area contributed by atoms with Crippen LogP contribution in [0, 0.1) is 12.7 Å². The molecule has 170 valence electrons. The highest BCUT2D eigenvalue weighted by Gasteiger charge is 2.12. The van der Waals surface area contributed by atoms with Crippen LogP contribution in [-0.2, 0) is 6.54 Å². The van der Waals surface area contributed by atoms with E-state index < -0.39 is 0 Å². The van der Waals surface area contributed by atoms with Crippen molar-refractivity contribution in [1.29, 1.82) is 0 Å². The van der Waals surface area contributed by atoms with Gasteiger partial charge in [0, 0.05) is 39.3 Å². The van der Waals surface area contributed by atoms with Crippen molar-refractivity contribution in [3.8, 4) is 0 Å². The summed E-state index contributed by atoms with van der Waals surface area (Å²) in [5, 5.41) is 3.32. The molecule has 31 heavy (non-hydrogen) atoms. The van der Waals surface area contributed by atoms with Crippen LogP contribution in [-0.4, -0.2) is 9.55 Å². The van der Waals surface area contributed by atoms with E-state index in [0.29, 0.717) is 16.4 Å². The fourth-order valence-electron chi connectivity index (χ4n) is 2.49. The molecule has 0 aliphatic heterocycles. The maximum absolute atomic E-state index is 13.9. The first kappa shape index (κ1) is 27.8. The second-order valence-corrected chi connectivity index (χ2v) is 10.1. The summed E-state index contributed by atoms with van der Waals surface area (Å²) in [5.74, 6) is -0.258. The van der Waals surface area contributed by atoms with Crippen molar-refractivity contribution in [2.75, 3.05) is 0 Å². The van der Waals surface area contributed by atoms with E-state index in [2.05, 4.69) is 28.1 Å². The first-order valence-electron chi connectivity index (χ1n) is 10.4. The van der Waals surface area contributed by atoms with E-state index in [-0.39, 0.29) is 11.4 Å². The second kappa shape index (κ2) is 14.0. The third kappa shape index (κ3) is 7.38. The third-order valence-corrected chi connectivity index (χ3v) is 7.96. The Morgan fingerprint density at radius 1 is 1.29 bits per heavy atom. The average Bonchev–Trinajstić information content (AvgIpc) is 3.38. The van der Waals surface area contributed by atoms with Gasteiger partial charge >= 0.3 is 0 Å². The molecule has 0 N–H and O–H groups in total. The second-order valence-electron chi connectivity index (χ2n) is 6.31. The molecule has 0 aliphatic carbocycles. The van der Waals surface area contributed by atoms with E-state index in [1.807, 2.05) is 46.1 Å². The Morgan fingerprint density at radius 2 is 1.94 bits per heavy atom. The van der Waals surface area contributed by atoms with Crippen LogP contribution in [0.1, 0.15) is 58.5 Å². The van der Waals surface area contributed by atoms with Gasteiger partial charge in [0.2, 0.25) is 0 Å². The van der Waals surface area contributed by atoms with Crippen LogP contribution in [0.3, 0.4) is 0 Å². The van der Waals surface area contributed by atoms with Crippen molar-refractivity contribution < 1.29 is 4.39 Å². The Kier molecular flexibility index (Phi) is 12.5. The SMILES string of the molecule is CC.CCC.CCn1c(=O)/c(=C(/C)Sc2c(C)ccc(F)c2P)s/c1=C\c1nccs1. The summed E-state index contributed by atoms with van der Waals surface area (Å²) in [6.07, 6.45) is 4.94. The van der Waals surface area contributed by atoms with Crippen LogP contribution in [0.15, 0.2) is 33.4 Å². The number of hydrogen-bond donors (Lipinski definition) is 0. The van der Waals surface area contributed by atoms with Gasteiger partial charge in [-0.1, -0.05) is 51.9 Å². The molecule has 0 bridgehead atoms. The minimum atomic E-state index is -0.258. The molecule has 0 radical (unpaired) electrons. The summed E-state index contributed by atoms with van der Waals surface area (Å²) in [4.78, 5) is 18.8. The van der Waals surface area contributed by atoms with Gasteiger partial charge in [0.25, 0.3) is 5.56 Å². The first-order valence-corrected chi connectivity index (χ1v) is 13.5. The molecule has 8 heteroatoms. The number of halogens is 1. The largest absolute Gasteiger partial charge is 0.299 e. The summed E-state index contributed by atoms with van der Waals surface area (Å²) in [7, 11) is 2.46. The summed E-state index contributed by atoms with van der Waals surface area (Å²) < 4.78 is 17.2. The van der Waals surface area contributed by atoms with Gasteiger partial charge in [-0.2, -0.15) is 0 Å². The lowest BCUT2D eigenvalue weighted by Gasteiger charge is -2.09. The van der Waals surface area contributed by atoms with Crippen LogP contribution in [0.2, 0.25) is 0 Å². The quantitative estimate of drug-likeness (QED) is 0.351. The molecule has 3 nitrogen and oxygen atoms in total. The van der Waals surface area contributed by atoms with Crippen LogP contribution in [0.25, 0.3) is 11.0 Å². The topological polar surface area (TPSA) is 34.9 Å². The zero-order chi connectivity index (χ0) is 23.6. The van der Waals surface area contributed by atoms with Crippen LogP contribution < -0.4 is 20.1 Å². The lowest BCUT2D eigenvalue weighted by atomic mass is 10.2. The van der Waals surface area contributed by atoms with E-state index >= 15 is 0 Å². The van der Waals surface area contributed by atoms with E-state index in [9.17, 15) is 9.18 Å². The smallest absolute Gasteiger partial charge is 0.269 e. The number of thioether (sulfide) groups is 1. The van der Waals surface area contributed by atoms with Gasteiger partial charge in [0.15, 0.2) is 0 Å². The minimum absolute atomic E-state index is 0.00957. The molecular weight excluding hydrogens is 466 g/mol. The van der Waals surface area contributed by atoms with Crippen molar-refractivity contribution in [2.45, 2.75) is 66.3 Å². The Balaban J connectivity index is 0.000000884. The molecule has 0 saturated carbocycles. The van der Waals surface area contributed by atoms with E-state index in [0.717, 1.165) is 25.0 Å². The summed E-state index contributed by atoms with van der Waals surface area (Å²) in [6.45, 7) is 14.7. The Hall–Kier alpha value is -1.27. The Labute approximate surface area is 199 Å². The highest BCUT2D eigenvalue weighted by molar-refractivity contribution is 8.08. The first-order chi connectivity index (χ1) is 14.8. The normalized spacial score (nSPS) is 12.0. The number of benzene rings is 1. The van der Waals surface area contributed by atoms with Crippen molar-refractivity contribution in [3.05, 3.63) is 59.6 Å². The van der Waals surface area contributed by atoms with Gasteiger partial charge in [-0.15, -0.1) is 31.9 Å². The molecule has 0 spiro atoms. The third-order valence-electron chi connectivity index (χ3n) is 3.84. The molecule has 2 heterocycles. The predicted molar refractivity (Wildman–Crippen MR) is 142 cm³/mol. The predicted octanol–water partition coefficient (Wildman–Crippen LogP) is 5.53. The van der Waals surface area contributed by atoms with Gasteiger partial charge in [-0.25, -0.2) is 9.37 Å². The number of aromatic nitrogens is 2. The Bertz CT molecular complexity index is 1140. The van der Waals surface area contributed by atoms with Crippen molar-refractivity contribution in [3.63, 3.8) is 0 Å². The van der Waals surface area contributed by atoms with E-state index in [1.165, 1.54) is 46.9 Å². The number of hydrogen-bond acceptors (Lipinski definition) is 5. The minimum Gasteiger partial charge on any atom is -0.299 e. The van der Waals surface area contributed by atoms with Gasteiger partial charge in [0.1, 0.15) is 20.0 Å². The van der Waals surface area contributed by atoms with Gasteiger partial charge < -0.3 is 0 Å². The molecule has 3 aromatic rings. The molecule has 0 aliphatic rings. The zero-order valence-electron chi connectivity index (χ0n) is 19.3. The van der Waals surface area contributed by atoms with E-state index in [4.69, 9.17) is 0 Å². The number of aryl methyl sites for hydroxylation is 1. The van der Waals surface area contributed by atoms with Crippen molar-refractivity contribution in [2.24, 2.45) is 0 Å². The van der Waals surface area contributed by atoms with E-state index in [1.54, 1.807) is 16.8 Å². The standard InChI is InChI=1S/C18H18FN2OPS3.C3H8.C2H6/c1-4-21-14(9-13-20-7-8-24-13)26-17(18(21)22)11(3)25-16-10(2)5-6-12(19)15(16)23;1-3-2;1-2/h5-9H,4,23H2,1-3H3;3H2,1-2H3;1-2H3/b14-9-,17-11+;;. The molecule has 1 unspecified atom stereocenters. The number of thiazole rings is 2. The van der Waals surface area contributed by atoms with Crippen LogP contribution in [0.4, 0.5) is 4.39 Å². The molecule has 0 saturated heterocycles. The highest BCUT2D eigenvalue weighted by Crippen LogP contribution is 2.29. The molecular formula is C23H32FN2OPS3. The van der Waals surface area contributed by atoms with Crippen molar-refractivity contribution >= 4 is 60.0 Å². The van der Waals surface area contributed by atoms with Crippen molar-refractivity contribution in [1.82, 2.24) is 9.55 Å². The summed E-state index contributed by atoms with van der Waals surface area (Å²) >= 11 is 4.44. The monoisotopic (exact) mass is 498 g/mol. The maximum Gasteiger partial charge on any atom is 0.269 e. The lowest BCUT2D eigenvalue weighted by Crippen LogP contribution is -2.31. The average molecular weight is 499 g/mol. The summed E-state index contributed by atoms with van der Waals surface area (Å²) in [5.41, 5.74) is 0.979. The van der Waals surface area contributed by atoms with Gasteiger partial charge in [-0.05, 0) is 32.4 Å². The summed E-state index contributed by atoms with van der Waals surface area (Å²) in [6, 6.07) is 3.23. The lowest BCUT2D eigenvalue weighted by molar-refractivity contribution is 0.633. The van der Waals surface area contributed by atoms with Crippen LogP contribution >= 0.6 is 43.7 Å².